The van der Waals surface area contributed by atoms with Crippen molar-refractivity contribution in [3.63, 3.8) is 0 Å². The van der Waals surface area contributed by atoms with Crippen LogP contribution in [0.4, 0.5) is 0 Å². The Hall–Kier alpha value is -0.793. The molecule has 2 aromatic rings. The summed E-state index contributed by atoms with van der Waals surface area (Å²) in [5.74, 6) is 0. The summed E-state index contributed by atoms with van der Waals surface area (Å²) in [5.41, 5.74) is 3.04. The summed E-state index contributed by atoms with van der Waals surface area (Å²) in [6.07, 6.45) is 0. The van der Waals surface area contributed by atoms with Crippen LogP contribution in [0.15, 0.2) is 59.1 Å². The largest absolute Gasteiger partial charge is 0.530 e. The molecule has 0 fully saturated rings. The van der Waals surface area contributed by atoms with E-state index in [2.05, 4.69) is 0 Å². The fourth-order valence-electron chi connectivity index (χ4n) is 2.43. The van der Waals surface area contributed by atoms with Crippen LogP contribution in [0.1, 0.15) is 26.3 Å². The molecule has 27 heavy (non-hydrogen) atoms. The lowest BCUT2D eigenvalue weighted by Gasteiger charge is -2.26. The first kappa shape index (κ1) is 22.5. The molecule has 0 aromatic heterocycles. The second kappa shape index (κ2) is 11.3. The Bertz CT molecular complexity index is 719. The lowest BCUT2D eigenvalue weighted by Crippen LogP contribution is -2.44. The fourth-order valence-corrected chi connectivity index (χ4v) is 6.33. The summed E-state index contributed by atoms with van der Waals surface area (Å²) in [6.45, 7) is 7.39. The second-order valence-corrected chi connectivity index (χ2v) is 9.82. The lowest BCUT2D eigenvalue weighted by atomic mass is 10.2. The van der Waals surface area contributed by atoms with Crippen molar-refractivity contribution < 1.29 is 13.3 Å². The van der Waals surface area contributed by atoms with Crippen LogP contribution in [0, 0.1) is 0 Å². The molecule has 0 saturated heterocycles. The third-order valence-electron chi connectivity index (χ3n) is 3.51. The van der Waals surface area contributed by atoms with Gasteiger partial charge in [0.1, 0.15) is 0 Å². The van der Waals surface area contributed by atoms with E-state index in [9.17, 15) is 0 Å². The molecule has 7 heteroatoms. The predicted octanol–water partition coefficient (Wildman–Crippen LogP) is 6.71. The van der Waals surface area contributed by atoms with E-state index < -0.39 is 8.80 Å². The minimum atomic E-state index is -2.96. The fraction of sp³-hybridized carbons (Fsp3) is 0.300. The third kappa shape index (κ3) is 6.95. The molecule has 0 amide bonds. The van der Waals surface area contributed by atoms with Crippen LogP contribution in [0.3, 0.4) is 0 Å². The number of thioether (sulfide) groups is 1. The zero-order valence-corrected chi connectivity index (χ0v) is 19.0. The van der Waals surface area contributed by atoms with E-state index in [1.165, 1.54) is 0 Å². The molecule has 0 aliphatic rings. The quantitative estimate of drug-likeness (QED) is 0.301. The molecule has 0 aliphatic carbocycles. The van der Waals surface area contributed by atoms with Gasteiger partial charge in [0, 0.05) is 45.4 Å². The van der Waals surface area contributed by atoms with Crippen molar-refractivity contribution in [1.82, 2.24) is 0 Å². The molecule has 0 heterocycles. The van der Waals surface area contributed by atoms with Crippen LogP contribution >= 0.6 is 35.0 Å². The standard InChI is InChI=1S/C20H24Cl2O3SSi/c1-4-23-27(24-5-2,25-6-3)15-20(16-7-9-17(21)10-8-16)26-19-13-11-18(22)12-14-19/h7-15H,4-6H2,1-3H3. The van der Waals surface area contributed by atoms with Crippen LogP contribution < -0.4 is 0 Å². The molecule has 2 aromatic carbocycles. The van der Waals surface area contributed by atoms with Gasteiger partial charge in [-0.2, -0.15) is 0 Å². The van der Waals surface area contributed by atoms with Crippen LogP contribution in [-0.4, -0.2) is 28.6 Å². The summed E-state index contributed by atoms with van der Waals surface area (Å²) >= 11 is 13.7. The van der Waals surface area contributed by atoms with Gasteiger partial charge in [0.15, 0.2) is 0 Å². The molecular formula is C20H24Cl2O3SSi. The van der Waals surface area contributed by atoms with Crippen LogP contribution in [0.2, 0.25) is 10.0 Å². The van der Waals surface area contributed by atoms with Crippen molar-refractivity contribution in [2.24, 2.45) is 0 Å². The average Bonchev–Trinajstić information content (AvgIpc) is 2.64. The Morgan fingerprint density at radius 3 is 1.70 bits per heavy atom. The molecule has 146 valence electrons. The SMILES string of the molecule is CCO[Si](C=C(Sc1ccc(Cl)cc1)c1ccc(Cl)cc1)(OCC)OCC. The highest BCUT2D eigenvalue weighted by molar-refractivity contribution is 8.08. The summed E-state index contributed by atoms with van der Waals surface area (Å²) < 4.78 is 18.0. The maximum atomic E-state index is 6.07. The van der Waals surface area contributed by atoms with Crippen molar-refractivity contribution in [1.29, 1.82) is 0 Å². The maximum absolute atomic E-state index is 6.07. The normalized spacial score (nSPS) is 12.4. The molecule has 0 N–H and O–H groups in total. The zero-order valence-electron chi connectivity index (χ0n) is 15.7. The molecule has 0 unspecified atom stereocenters. The minimum absolute atomic E-state index is 0.516. The highest BCUT2D eigenvalue weighted by atomic mass is 35.5. The number of hydrogen-bond acceptors (Lipinski definition) is 4. The van der Waals surface area contributed by atoms with Gasteiger partial charge in [-0.05, 0) is 62.7 Å². The maximum Gasteiger partial charge on any atom is 0.530 e. The molecule has 0 aliphatic heterocycles. The van der Waals surface area contributed by atoms with E-state index in [1.54, 1.807) is 11.8 Å². The topological polar surface area (TPSA) is 27.7 Å². The van der Waals surface area contributed by atoms with Gasteiger partial charge in [0.05, 0.1) is 0 Å². The first-order chi connectivity index (χ1) is 13.0. The van der Waals surface area contributed by atoms with Crippen molar-refractivity contribution in [3.8, 4) is 0 Å². The Morgan fingerprint density at radius 2 is 1.26 bits per heavy atom. The van der Waals surface area contributed by atoms with E-state index in [0.29, 0.717) is 29.9 Å². The smallest absolute Gasteiger partial charge is 0.371 e. The Morgan fingerprint density at radius 1 is 0.815 bits per heavy atom. The van der Waals surface area contributed by atoms with Crippen molar-refractivity contribution in [2.75, 3.05) is 19.8 Å². The van der Waals surface area contributed by atoms with Crippen molar-refractivity contribution in [3.05, 3.63) is 69.8 Å². The molecular weight excluding hydrogens is 419 g/mol. The van der Waals surface area contributed by atoms with Crippen LogP contribution in [-0.2, 0) is 13.3 Å². The van der Waals surface area contributed by atoms with E-state index in [-0.39, 0.29) is 0 Å². The van der Waals surface area contributed by atoms with Crippen LogP contribution in [0.25, 0.3) is 4.91 Å². The molecule has 0 atom stereocenters. The average molecular weight is 443 g/mol. The summed E-state index contributed by atoms with van der Waals surface area (Å²) in [4.78, 5) is 2.06. The molecule has 2 rings (SSSR count). The van der Waals surface area contributed by atoms with Gasteiger partial charge in [0.25, 0.3) is 0 Å². The molecule has 0 bridgehead atoms. The number of halogens is 2. The molecule has 3 nitrogen and oxygen atoms in total. The molecule has 0 radical (unpaired) electrons. The first-order valence-corrected chi connectivity index (χ1v) is 12.2. The van der Waals surface area contributed by atoms with E-state index in [0.717, 1.165) is 15.4 Å². The lowest BCUT2D eigenvalue weighted by molar-refractivity contribution is 0.0845. The predicted molar refractivity (Wildman–Crippen MR) is 117 cm³/mol. The molecule has 0 saturated carbocycles. The number of hydrogen-bond donors (Lipinski definition) is 0. The first-order valence-electron chi connectivity index (χ1n) is 8.86. The van der Waals surface area contributed by atoms with E-state index >= 15 is 0 Å². The second-order valence-electron chi connectivity index (χ2n) is 5.47. The Kier molecular flexibility index (Phi) is 9.39. The van der Waals surface area contributed by atoms with Gasteiger partial charge in [-0.15, -0.1) is 0 Å². The monoisotopic (exact) mass is 442 g/mol. The molecule has 0 spiro atoms. The minimum Gasteiger partial charge on any atom is -0.371 e. The van der Waals surface area contributed by atoms with E-state index in [1.807, 2.05) is 75.0 Å². The van der Waals surface area contributed by atoms with Crippen molar-refractivity contribution in [2.45, 2.75) is 25.7 Å². The van der Waals surface area contributed by atoms with Gasteiger partial charge in [0.2, 0.25) is 0 Å². The summed E-state index contributed by atoms with van der Waals surface area (Å²) in [6, 6.07) is 15.4. The zero-order chi connectivity index (χ0) is 19.7. The third-order valence-corrected chi connectivity index (χ3v) is 8.02. The van der Waals surface area contributed by atoms with Gasteiger partial charge in [-0.1, -0.05) is 47.1 Å². The van der Waals surface area contributed by atoms with Crippen molar-refractivity contribution >= 4 is 48.7 Å². The van der Waals surface area contributed by atoms with Gasteiger partial charge < -0.3 is 13.3 Å². The summed E-state index contributed by atoms with van der Waals surface area (Å²) in [7, 11) is -2.96. The highest BCUT2D eigenvalue weighted by Gasteiger charge is 2.39. The number of rotatable bonds is 10. The van der Waals surface area contributed by atoms with Gasteiger partial charge in [-0.25, -0.2) is 0 Å². The van der Waals surface area contributed by atoms with Gasteiger partial charge in [-0.3, -0.25) is 0 Å². The Labute approximate surface area is 177 Å². The Balaban J connectivity index is 2.48. The summed E-state index contributed by atoms with van der Waals surface area (Å²) in [5, 5.41) is 1.40. The number of benzene rings is 2. The highest BCUT2D eigenvalue weighted by Crippen LogP contribution is 2.37. The van der Waals surface area contributed by atoms with Gasteiger partial charge >= 0.3 is 8.80 Å². The van der Waals surface area contributed by atoms with Crippen LogP contribution in [0.5, 0.6) is 0 Å². The van der Waals surface area contributed by atoms with E-state index in [4.69, 9.17) is 36.5 Å².